The van der Waals surface area contributed by atoms with Crippen molar-refractivity contribution in [2.75, 3.05) is 0 Å². The van der Waals surface area contributed by atoms with Crippen LogP contribution in [-0.4, -0.2) is 11.2 Å². The standard InChI is InChI=1S/C10H20O/c1-5-6-7-8-10(4)9(2,3)11-10/h5-8H2,1-4H3. The van der Waals surface area contributed by atoms with Gasteiger partial charge in [0.05, 0.1) is 11.2 Å². The Morgan fingerprint density at radius 3 is 2.00 bits per heavy atom. The van der Waals surface area contributed by atoms with Gasteiger partial charge in [0.15, 0.2) is 0 Å². The highest BCUT2D eigenvalue weighted by molar-refractivity contribution is 5.07. The largest absolute Gasteiger partial charge is 0.363 e. The molecular weight excluding hydrogens is 136 g/mol. The van der Waals surface area contributed by atoms with Gasteiger partial charge in [-0.3, -0.25) is 0 Å². The Bertz CT molecular complexity index is 140. The summed E-state index contributed by atoms with van der Waals surface area (Å²) < 4.78 is 5.64. The normalized spacial score (nSPS) is 33.8. The molecule has 0 radical (unpaired) electrons. The van der Waals surface area contributed by atoms with E-state index in [1.807, 2.05) is 0 Å². The first-order valence-corrected chi connectivity index (χ1v) is 4.72. The van der Waals surface area contributed by atoms with Gasteiger partial charge in [-0.25, -0.2) is 0 Å². The van der Waals surface area contributed by atoms with Crippen LogP contribution in [0.15, 0.2) is 0 Å². The zero-order valence-corrected chi connectivity index (χ0v) is 8.24. The van der Waals surface area contributed by atoms with Crippen LogP contribution in [0.5, 0.6) is 0 Å². The van der Waals surface area contributed by atoms with E-state index in [4.69, 9.17) is 4.74 Å². The molecule has 1 fully saturated rings. The molecule has 0 saturated carbocycles. The second-order valence-corrected chi connectivity index (χ2v) is 4.30. The molecule has 0 aromatic carbocycles. The van der Waals surface area contributed by atoms with Gasteiger partial charge in [-0.2, -0.15) is 0 Å². The minimum absolute atomic E-state index is 0.154. The van der Waals surface area contributed by atoms with Crippen molar-refractivity contribution >= 4 is 0 Å². The molecule has 1 rings (SSSR count). The summed E-state index contributed by atoms with van der Waals surface area (Å²) in [6.07, 6.45) is 5.19. The molecule has 0 amide bonds. The lowest BCUT2D eigenvalue weighted by Crippen LogP contribution is -2.15. The number of epoxide rings is 1. The summed E-state index contributed by atoms with van der Waals surface area (Å²) in [6, 6.07) is 0. The van der Waals surface area contributed by atoms with Gasteiger partial charge in [0.25, 0.3) is 0 Å². The summed E-state index contributed by atoms with van der Waals surface area (Å²) in [5.74, 6) is 0. The predicted molar refractivity (Wildman–Crippen MR) is 47.7 cm³/mol. The van der Waals surface area contributed by atoms with E-state index in [0.717, 1.165) is 0 Å². The maximum Gasteiger partial charge on any atom is 0.0946 e. The van der Waals surface area contributed by atoms with Crippen LogP contribution in [-0.2, 0) is 4.74 Å². The Kier molecular flexibility index (Phi) is 2.29. The molecular formula is C10H20O. The second kappa shape index (κ2) is 2.78. The molecule has 1 aliphatic rings. The first kappa shape index (κ1) is 9.05. The fourth-order valence-corrected chi connectivity index (χ4v) is 1.60. The first-order chi connectivity index (χ1) is 5.02. The molecule has 0 spiro atoms. The number of hydrogen-bond acceptors (Lipinski definition) is 1. The third-order valence-corrected chi connectivity index (χ3v) is 2.97. The van der Waals surface area contributed by atoms with Gasteiger partial charge in [-0.15, -0.1) is 0 Å². The Morgan fingerprint density at radius 1 is 1.09 bits per heavy atom. The molecule has 0 aliphatic carbocycles. The summed E-state index contributed by atoms with van der Waals surface area (Å²) >= 11 is 0. The van der Waals surface area contributed by atoms with Crippen molar-refractivity contribution in [2.24, 2.45) is 0 Å². The monoisotopic (exact) mass is 156 g/mol. The Hall–Kier alpha value is -0.0400. The average molecular weight is 156 g/mol. The minimum Gasteiger partial charge on any atom is -0.363 e. The van der Waals surface area contributed by atoms with E-state index in [0.29, 0.717) is 0 Å². The van der Waals surface area contributed by atoms with Gasteiger partial charge in [0.2, 0.25) is 0 Å². The SMILES string of the molecule is CCCCCC1(C)OC1(C)C. The van der Waals surface area contributed by atoms with Gasteiger partial charge in [0.1, 0.15) is 0 Å². The predicted octanol–water partition coefficient (Wildman–Crippen LogP) is 3.13. The highest BCUT2D eigenvalue weighted by atomic mass is 16.6. The first-order valence-electron chi connectivity index (χ1n) is 4.72. The lowest BCUT2D eigenvalue weighted by Gasteiger charge is -2.07. The summed E-state index contributed by atoms with van der Waals surface area (Å²) in [6.45, 7) is 8.82. The molecule has 1 saturated heterocycles. The fourth-order valence-electron chi connectivity index (χ4n) is 1.60. The molecule has 1 heteroatoms. The van der Waals surface area contributed by atoms with Crippen molar-refractivity contribution in [3.63, 3.8) is 0 Å². The maximum atomic E-state index is 5.64. The van der Waals surface area contributed by atoms with E-state index in [2.05, 4.69) is 27.7 Å². The summed E-state index contributed by atoms with van der Waals surface area (Å²) in [7, 11) is 0. The van der Waals surface area contributed by atoms with Crippen LogP contribution in [0.3, 0.4) is 0 Å². The van der Waals surface area contributed by atoms with Crippen molar-refractivity contribution in [2.45, 2.75) is 64.6 Å². The Labute approximate surface area is 70.1 Å². The Balaban J connectivity index is 2.18. The quantitative estimate of drug-likeness (QED) is 0.450. The van der Waals surface area contributed by atoms with Crippen LogP contribution < -0.4 is 0 Å². The van der Waals surface area contributed by atoms with Crippen molar-refractivity contribution in [3.05, 3.63) is 0 Å². The van der Waals surface area contributed by atoms with E-state index in [-0.39, 0.29) is 11.2 Å². The molecule has 1 nitrogen and oxygen atoms in total. The molecule has 0 bridgehead atoms. The molecule has 1 heterocycles. The summed E-state index contributed by atoms with van der Waals surface area (Å²) in [5, 5.41) is 0. The smallest absolute Gasteiger partial charge is 0.0946 e. The maximum absolute atomic E-state index is 5.64. The van der Waals surface area contributed by atoms with E-state index in [9.17, 15) is 0 Å². The van der Waals surface area contributed by atoms with Crippen LogP contribution in [0.4, 0.5) is 0 Å². The van der Waals surface area contributed by atoms with Crippen molar-refractivity contribution < 1.29 is 4.74 Å². The third-order valence-electron chi connectivity index (χ3n) is 2.97. The van der Waals surface area contributed by atoms with Crippen LogP contribution in [0.25, 0.3) is 0 Å². The minimum atomic E-state index is 0.154. The Morgan fingerprint density at radius 2 is 1.64 bits per heavy atom. The molecule has 1 unspecified atom stereocenters. The molecule has 0 N–H and O–H groups in total. The van der Waals surface area contributed by atoms with E-state index >= 15 is 0 Å². The number of ether oxygens (including phenoxy) is 1. The molecule has 11 heavy (non-hydrogen) atoms. The zero-order valence-electron chi connectivity index (χ0n) is 8.24. The van der Waals surface area contributed by atoms with Crippen LogP contribution in [0.2, 0.25) is 0 Å². The van der Waals surface area contributed by atoms with Gasteiger partial charge in [0, 0.05) is 0 Å². The van der Waals surface area contributed by atoms with Crippen LogP contribution in [0.1, 0.15) is 53.4 Å². The molecule has 0 aromatic rings. The topological polar surface area (TPSA) is 12.5 Å². The fraction of sp³-hybridized carbons (Fsp3) is 1.00. The van der Waals surface area contributed by atoms with E-state index in [1.165, 1.54) is 25.7 Å². The van der Waals surface area contributed by atoms with Gasteiger partial charge < -0.3 is 4.74 Å². The number of rotatable bonds is 4. The van der Waals surface area contributed by atoms with Gasteiger partial charge >= 0.3 is 0 Å². The average Bonchev–Trinajstić information content (AvgIpc) is 2.33. The second-order valence-electron chi connectivity index (χ2n) is 4.30. The van der Waals surface area contributed by atoms with E-state index in [1.54, 1.807) is 0 Å². The number of hydrogen-bond donors (Lipinski definition) is 0. The number of unbranched alkanes of at least 4 members (excludes halogenated alkanes) is 2. The lowest BCUT2D eigenvalue weighted by molar-refractivity contribution is 0.273. The van der Waals surface area contributed by atoms with Crippen molar-refractivity contribution in [1.82, 2.24) is 0 Å². The van der Waals surface area contributed by atoms with Crippen LogP contribution >= 0.6 is 0 Å². The third kappa shape index (κ3) is 1.76. The summed E-state index contributed by atoms with van der Waals surface area (Å²) in [4.78, 5) is 0. The molecule has 1 atom stereocenters. The van der Waals surface area contributed by atoms with Crippen LogP contribution in [0, 0.1) is 0 Å². The van der Waals surface area contributed by atoms with E-state index < -0.39 is 0 Å². The zero-order chi connectivity index (χ0) is 8.54. The summed E-state index contributed by atoms with van der Waals surface area (Å²) in [5.41, 5.74) is 0.350. The van der Waals surface area contributed by atoms with Gasteiger partial charge in [-0.05, 0) is 27.2 Å². The van der Waals surface area contributed by atoms with Crippen molar-refractivity contribution in [1.29, 1.82) is 0 Å². The molecule has 66 valence electrons. The molecule has 0 aromatic heterocycles. The lowest BCUT2D eigenvalue weighted by atomic mass is 9.92. The highest BCUT2D eigenvalue weighted by Gasteiger charge is 2.58. The molecule has 1 aliphatic heterocycles. The van der Waals surface area contributed by atoms with Crippen molar-refractivity contribution in [3.8, 4) is 0 Å². The van der Waals surface area contributed by atoms with Gasteiger partial charge in [-0.1, -0.05) is 26.2 Å². The highest BCUT2D eigenvalue weighted by Crippen LogP contribution is 2.50.